The van der Waals surface area contributed by atoms with Gasteiger partial charge < -0.3 is 14.8 Å². The van der Waals surface area contributed by atoms with Crippen LogP contribution in [0.25, 0.3) is 16.9 Å². The smallest absolute Gasteiger partial charge is 0.259 e. The van der Waals surface area contributed by atoms with Crippen LogP contribution in [0.15, 0.2) is 88.8 Å². The summed E-state index contributed by atoms with van der Waals surface area (Å²) in [5, 5.41) is 3.33. The van der Waals surface area contributed by atoms with Crippen LogP contribution in [0, 0.1) is 6.92 Å². The van der Waals surface area contributed by atoms with Gasteiger partial charge in [0, 0.05) is 17.3 Å². The Hall–Kier alpha value is -4.04. The summed E-state index contributed by atoms with van der Waals surface area (Å²) in [5.41, 5.74) is 3.40. The van der Waals surface area contributed by atoms with E-state index in [0.717, 1.165) is 16.8 Å². The number of aromatic nitrogens is 2. The zero-order chi connectivity index (χ0) is 24.8. The minimum atomic E-state index is -0.252. The molecule has 8 heteroatoms. The number of nitrogens with zero attached hydrogens (tertiary/aromatic N) is 2. The van der Waals surface area contributed by atoms with Gasteiger partial charge in [0.25, 0.3) is 5.56 Å². The molecule has 0 unspecified atom stereocenters. The molecule has 0 spiro atoms. The van der Waals surface area contributed by atoms with E-state index in [9.17, 15) is 9.59 Å². The Labute approximate surface area is 207 Å². The van der Waals surface area contributed by atoms with Crippen LogP contribution in [-0.2, 0) is 4.79 Å². The fourth-order valence-corrected chi connectivity index (χ4v) is 4.29. The van der Waals surface area contributed by atoms with Gasteiger partial charge in [-0.1, -0.05) is 30.0 Å². The first kappa shape index (κ1) is 24.1. The van der Waals surface area contributed by atoms with Crippen molar-refractivity contribution in [1.29, 1.82) is 0 Å². The molecule has 3 aromatic carbocycles. The number of thioether (sulfide) groups is 1. The number of carbonyl (C=O) groups is 1. The van der Waals surface area contributed by atoms with Gasteiger partial charge in [-0.2, -0.15) is 0 Å². The maximum Gasteiger partial charge on any atom is 0.259 e. The summed E-state index contributed by atoms with van der Waals surface area (Å²) in [6.07, 6.45) is 0. The van der Waals surface area contributed by atoms with Crippen LogP contribution in [0.5, 0.6) is 11.5 Å². The average Bonchev–Trinajstić information content (AvgIpc) is 2.88. The van der Waals surface area contributed by atoms with E-state index in [1.165, 1.54) is 22.4 Å². The summed E-state index contributed by atoms with van der Waals surface area (Å²) >= 11 is 1.20. The maximum atomic E-state index is 13.2. The number of anilines is 1. The standard InChI is InChI=1S/C27H25N3O4S/c1-18-6-4-5-7-23(18)28-25(31)17-35-27-29-24(19-8-12-21(33-2)13-9-19)16-26(32)30(27)20-10-14-22(34-3)15-11-20/h4-16H,17H2,1-3H3,(H,28,31). The van der Waals surface area contributed by atoms with Gasteiger partial charge in [-0.25, -0.2) is 4.98 Å². The Morgan fingerprint density at radius 3 is 2.20 bits per heavy atom. The molecule has 0 aliphatic carbocycles. The third kappa shape index (κ3) is 5.73. The van der Waals surface area contributed by atoms with Crippen molar-refractivity contribution in [3.8, 4) is 28.4 Å². The summed E-state index contributed by atoms with van der Waals surface area (Å²) in [5.74, 6) is 1.29. The van der Waals surface area contributed by atoms with E-state index >= 15 is 0 Å². The highest BCUT2D eigenvalue weighted by atomic mass is 32.2. The largest absolute Gasteiger partial charge is 0.497 e. The van der Waals surface area contributed by atoms with Crippen molar-refractivity contribution >= 4 is 23.4 Å². The Morgan fingerprint density at radius 2 is 1.57 bits per heavy atom. The van der Waals surface area contributed by atoms with Crippen molar-refractivity contribution in [2.24, 2.45) is 0 Å². The lowest BCUT2D eigenvalue weighted by molar-refractivity contribution is -0.113. The summed E-state index contributed by atoms with van der Waals surface area (Å²) in [6, 6.07) is 23.5. The number of ether oxygens (including phenoxy) is 2. The topological polar surface area (TPSA) is 82.5 Å². The van der Waals surface area contributed by atoms with E-state index < -0.39 is 0 Å². The number of nitrogens with one attached hydrogen (secondary N) is 1. The van der Waals surface area contributed by atoms with Crippen molar-refractivity contribution in [3.05, 3.63) is 94.8 Å². The summed E-state index contributed by atoms with van der Waals surface area (Å²) in [7, 11) is 3.18. The molecular weight excluding hydrogens is 462 g/mol. The van der Waals surface area contributed by atoms with Gasteiger partial charge in [-0.3, -0.25) is 14.2 Å². The van der Waals surface area contributed by atoms with Crippen LogP contribution in [0.3, 0.4) is 0 Å². The molecule has 0 radical (unpaired) electrons. The molecule has 4 aromatic rings. The van der Waals surface area contributed by atoms with E-state index in [1.807, 2.05) is 55.5 Å². The number of benzene rings is 3. The number of hydrogen-bond donors (Lipinski definition) is 1. The zero-order valence-corrected chi connectivity index (χ0v) is 20.5. The maximum absolute atomic E-state index is 13.2. The number of hydrogen-bond acceptors (Lipinski definition) is 6. The second-order valence-electron chi connectivity index (χ2n) is 7.68. The molecule has 0 aliphatic rings. The molecule has 1 heterocycles. The Balaban J connectivity index is 1.67. The molecule has 0 bridgehead atoms. The molecule has 0 fully saturated rings. The molecule has 1 amide bonds. The highest BCUT2D eigenvalue weighted by Crippen LogP contribution is 2.25. The predicted octanol–water partition coefficient (Wildman–Crippen LogP) is 4.96. The van der Waals surface area contributed by atoms with E-state index in [4.69, 9.17) is 14.5 Å². The first-order chi connectivity index (χ1) is 17.0. The molecule has 178 valence electrons. The number of amides is 1. The van der Waals surface area contributed by atoms with E-state index in [1.54, 1.807) is 38.5 Å². The summed E-state index contributed by atoms with van der Waals surface area (Å²) in [6.45, 7) is 1.93. The van der Waals surface area contributed by atoms with Gasteiger partial charge in [-0.15, -0.1) is 0 Å². The first-order valence-electron chi connectivity index (χ1n) is 10.9. The summed E-state index contributed by atoms with van der Waals surface area (Å²) in [4.78, 5) is 30.7. The Morgan fingerprint density at radius 1 is 0.943 bits per heavy atom. The van der Waals surface area contributed by atoms with Crippen molar-refractivity contribution in [2.75, 3.05) is 25.3 Å². The molecule has 0 saturated carbocycles. The van der Waals surface area contributed by atoms with Gasteiger partial charge in [0.15, 0.2) is 5.16 Å². The molecule has 1 aromatic heterocycles. The van der Waals surface area contributed by atoms with Crippen molar-refractivity contribution in [2.45, 2.75) is 12.1 Å². The Bertz CT molecular complexity index is 1380. The quantitative estimate of drug-likeness (QED) is 0.280. The first-order valence-corrected chi connectivity index (χ1v) is 11.9. The Kier molecular flexibility index (Phi) is 7.52. The molecule has 0 saturated heterocycles. The van der Waals surface area contributed by atoms with Crippen LogP contribution in [-0.4, -0.2) is 35.4 Å². The van der Waals surface area contributed by atoms with E-state index in [2.05, 4.69) is 5.32 Å². The highest BCUT2D eigenvalue weighted by Gasteiger charge is 2.15. The van der Waals surface area contributed by atoms with Gasteiger partial charge >= 0.3 is 0 Å². The second-order valence-corrected chi connectivity index (χ2v) is 8.62. The highest BCUT2D eigenvalue weighted by molar-refractivity contribution is 7.99. The van der Waals surface area contributed by atoms with Gasteiger partial charge in [0.1, 0.15) is 11.5 Å². The number of para-hydroxylation sites is 1. The molecule has 0 aliphatic heterocycles. The number of methoxy groups -OCH3 is 2. The lowest BCUT2D eigenvalue weighted by Crippen LogP contribution is -2.22. The average molecular weight is 488 g/mol. The lowest BCUT2D eigenvalue weighted by Gasteiger charge is -2.14. The van der Waals surface area contributed by atoms with E-state index in [-0.39, 0.29) is 17.2 Å². The molecule has 4 rings (SSSR count). The minimum Gasteiger partial charge on any atom is -0.497 e. The second kappa shape index (κ2) is 10.9. The third-order valence-corrected chi connectivity index (χ3v) is 6.29. The van der Waals surface area contributed by atoms with Gasteiger partial charge in [-0.05, 0) is 67.1 Å². The third-order valence-electron chi connectivity index (χ3n) is 5.36. The van der Waals surface area contributed by atoms with E-state index in [0.29, 0.717) is 28.0 Å². The van der Waals surface area contributed by atoms with Crippen LogP contribution in [0.1, 0.15) is 5.56 Å². The van der Waals surface area contributed by atoms with Crippen LogP contribution in [0.2, 0.25) is 0 Å². The SMILES string of the molecule is COc1ccc(-c2cc(=O)n(-c3ccc(OC)cc3)c(SCC(=O)Nc3ccccc3C)n2)cc1. The van der Waals surface area contributed by atoms with Gasteiger partial charge in [0.05, 0.1) is 31.4 Å². The van der Waals surface area contributed by atoms with Crippen molar-refractivity contribution < 1.29 is 14.3 Å². The van der Waals surface area contributed by atoms with Gasteiger partial charge in [0.2, 0.25) is 5.91 Å². The van der Waals surface area contributed by atoms with Crippen molar-refractivity contribution in [3.63, 3.8) is 0 Å². The molecule has 35 heavy (non-hydrogen) atoms. The van der Waals surface area contributed by atoms with Crippen LogP contribution >= 0.6 is 11.8 Å². The molecule has 1 N–H and O–H groups in total. The molecule has 7 nitrogen and oxygen atoms in total. The van der Waals surface area contributed by atoms with Crippen LogP contribution in [0.4, 0.5) is 5.69 Å². The van der Waals surface area contributed by atoms with Crippen LogP contribution < -0.4 is 20.3 Å². The lowest BCUT2D eigenvalue weighted by atomic mass is 10.1. The number of carbonyl (C=O) groups excluding carboxylic acids is 1. The fraction of sp³-hybridized carbons (Fsp3) is 0.148. The minimum absolute atomic E-state index is 0.0863. The predicted molar refractivity (Wildman–Crippen MR) is 139 cm³/mol. The molecular formula is C27H25N3O4S. The zero-order valence-electron chi connectivity index (χ0n) is 19.6. The van der Waals surface area contributed by atoms with Crippen molar-refractivity contribution in [1.82, 2.24) is 9.55 Å². The normalized spacial score (nSPS) is 10.6. The summed E-state index contributed by atoms with van der Waals surface area (Å²) < 4.78 is 12.0. The number of rotatable bonds is 8. The fourth-order valence-electron chi connectivity index (χ4n) is 3.47. The number of aryl methyl sites for hydroxylation is 1. The molecule has 0 atom stereocenters. The monoisotopic (exact) mass is 487 g/mol.